The van der Waals surface area contributed by atoms with E-state index in [1.807, 2.05) is 37.3 Å². The summed E-state index contributed by atoms with van der Waals surface area (Å²) in [7, 11) is 3.35. The highest BCUT2D eigenvalue weighted by Gasteiger charge is 2.41. The minimum absolute atomic E-state index is 0.142. The highest BCUT2D eigenvalue weighted by atomic mass is 16.5. The molecule has 5 nitrogen and oxygen atoms in total. The quantitative estimate of drug-likeness (QED) is 0.567. The zero-order valence-electron chi connectivity index (χ0n) is 16.6. The zero-order chi connectivity index (χ0) is 19.3. The van der Waals surface area contributed by atoms with Crippen LogP contribution in [0, 0.1) is 5.41 Å². The van der Waals surface area contributed by atoms with Crippen LogP contribution in [-0.4, -0.2) is 38.5 Å². The molecule has 1 aromatic carbocycles. The maximum atomic E-state index is 11.5. The first-order valence-electron chi connectivity index (χ1n) is 8.89. The van der Waals surface area contributed by atoms with E-state index in [-0.39, 0.29) is 29.7 Å². The fraction of sp³-hybridized carbons (Fsp3) is 0.571. The summed E-state index contributed by atoms with van der Waals surface area (Å²) in [6, 6.07) is 7.81. The van der Waals surface area contributed by atoms with E-state index in [4.69, 9.17) is 18.9 Å². The van der Waals surface area contributed by atoms with E-state index in [2.05, 4.69) is 13.8 Å². The molecule has 1 aliphatic rings. The zero-order valence-corrected chi connectivity index (χ0v) is 16.6. The van der Waals surface area contributed by atoms with Crippen molar-refractivity contribution >= 4 is 5.97 Å². The minimum atomic E-state index is -0.273. The van der Waals surface area contributed by atoms with Crippen molar-refractivity contribution < 1.29 is 23.7 Å². The first-order valence-corrected chi connectivity index (χ1v) is 8.89. The largest absolute Gasteiger partial charge is 0.497 e. The number of ether oxygens (including phenoxy) is 4. The molecule has 3 atom stereocenters. The van der Waals surface area contributed by atoms with Crippen molar-refractivity contribution in [3.8, 4) is 5.75 Å². The van der Waals surface area contributed by atoms with Crippen molar-refractivity contribution in [1.29, 1.82) is 0 Å². The predicted molar refractivity (Wildman–Crippen MR) is 100 cm³/mol. The Morgan fingerprint density at radius 3 is 2.38 bits per heavy atom. The predicted octanol–water partition coefficient (Wildman–Crippen LogP) is 3.90. The van der Waals surface area contributed by atoms with Crippen LogP contribution in [-0.2, 0) is 25.6 Å². The maximum absolute atomic E-state index is 11.5. The second kappa shape index (κ2) is 8.69. The van der Waals surface area contributed by atoms with Gasteiger partial charge >= 0.3 is 5.97 Å². The van der Waals surface area contributed by atoms with E-state index in [1.165, 1.54) is 6.92 Å². The van der Waals surface area contributed by atoms with E-state index in [9.17, 15) is 4.79 Å². The molecule has 0 heterocycles. The van der Waals surface area contributed by atoms with E-state index in [1.54, 1.807) is 14.2 Å². The number of hydrogen-bond acceptors (Lipinski definition) is 5. The van der Waals surface area contributed by atoms with Gasteiger partial charge in [0.2, 0.25) is 0 Å². The monoisotopic (exact) mass is 362 g/mol. The van der Waals surface area contributed by atoms with Crippen LogP contribution in [0.25, 0.3) is 0 Å². The number of carbonyl (C=O) groups is 1. The lowest BCUT2D eigenvalue weighted by Crippen LogP contribution is -2.42. The lowest BCUT2D eigenvalue weighted by Gasteiger charge is -2.36. The highest BCUT2D eigenvalue weighted by Crippen LogP contribution is 2.38. The number of methoxy groups -OCH3 is 2. The van der Waals surface area contributed by atoms with E-state index >= 15 is 0 Å². The summed E-state index contributed by atoms with van der Waals surface area (Å²) in [5.41, 5.74) is 1.84. The average Bonchev–Trinajstić information content (AvgIpc) is 2.67. The first-order chi connectivity index (χ1) is 12.3. The number of rotatable bonds is 6. The van der Waals surface area contributed by atoms with Crippen molar-refractivity contribution in [2.45, 2.75) is 59.0 Å². The third kappa shape index (κ3) is 5.08. The summed E-state index contributed by atoms with van der Waals surface area (Å²) in [4.78, 5) is 11.5. The summed E-state index contributed by atoms with van der Waals surface area (Å²) in [5, 5.41) is 0. The van der Waals surface area contributed by atoms with E-state index < -0.39 is 0 Å². The van der Waals surface area contributed by atoms with Gasteiger partial charge in [-0.1, -0.05) is 32.1 Å². The molecule has 0 N–H and O–H groups in total. The molecule has 0 saturated heterocycles. The van der Waals surface area contributed by atoms with Gasteiger partial charge in [0.15, 0.2) is 0 Å². The number of hydrogen-bond donors (Lipinski definition) is 0. The Bertz CT molecular complexity index is 632. The van der Waals surface area contributed by atoms with Gasteiger partial charge in [-0.15, -0.1) is 0 Å². The third-order valence-electron chi connectivity index (χ3n) is 4.88. The van der Waals surface area contributed by atoms with Gasteiger partial charge in [-0.2, -0.15) is 0 Å². The summed E-state index contributed by atoms with van der Waals surface area (Å²) in [6.45, 7) is 8.12. The highest BCUT2D eigenvalue weighted by molar-refractivity contribution is 5.66. The van der Waals surface area contributed by atoms with Crippen molar-refractivity contribution in [2.75, 3.05) is 14.2 Å². The molecule has 0 radical (unpaired) electrons. The minimum Gasteiger partial charge on any atom is -0.497 e. The molecule has 3 unspecified atom stereocenters. The van der Waals surface area contributed by atoms with E-state index in [0.717, 1.165) is 16.9 Å². The molecule has 0 bridgehead atoms. The van der Waals surface area contributed by atoms with Crippen molar-refractivity contribution in [1.82, 2.24) is 0 Å². The molecule has 0 spiro atoms. The normalized spacial score (nSPS) is 25.2. The lowest BCUT2D eigenvalue weighted by atomic mass is 9.80. The standard InChI is InChI=1S/C21H30O5/c1-14-11-18(25-13-16-7-9-17(23-5)10-8-16)20(24-6)21(3,4)12-19(14)26-15(2)22/h7-11,18-20H,12-13H2,1-6H3. The van der Waals surface area contributed by atoms with Gasteiger partial charge in [-0.3, -0.25) is 4.79 Å². The molecule has 26 heavy (non-hydrogen) atoms. The van der Waals surface area contributed by atoms with Gasteiger partial charge in [0.1, 0.15) is 18.0 Å². The molecular formula is C21H30O5. The summed E-state index contributed by atoms with van der Waals surface area (Å²) >= 11 is 0. The Morgan fingerprint density at radius 1 is 1.19 bits per heavy atom. The molecule has 144 valence electrons. The Hall–Kier alpha value is -1.85. The fourth-order valence-electron chi connectivity index (χ4n) is 3.49. The van der Waals surface area contributed by atoms with Crippen molar-refractivity contribution in [3.05, 3.63) is 41.5 Å². The van der Waals surface area contributed by atoms with Crippen molar-refractivity contribution in [3.63, 3.8) is 0 Å². The molecule has 0 fully saturated rings. The second-order valence-corrected chi connectivity index (χ2v) is 7.48. The Morgan fingerprint density at radius 2 is 1.85 bits per heavy atom. The van der Waals surface area contributed by atoms with Crippen LogP contribution in [0.2, 0.25) is 0 Å². The fourth-order valence-corrected chi connectivity index (χ4v) is 3.49. The Balaban J connectivity index is 2.18. The third-order valence-corrected chi connectivity index (χ3v) is 4.88. The van der Waals surface area contributed by atoms with Crippen molar-refractivity contribution in [2.24, 2.45) is 5.41 Å². The number of carbonyl (C=O) groups excluding carboxylic acids is 1. The van der Waals surface area contributed by atoms with Crippen LogP contribution in [0.15, 0.2) is 35.9 Å². The smallest absolute Gasteiger partial charge is 0.303 e. The molecule has 5 heteroatoms. The lowest BCUT2D eigenvalue weighted by molar-refractivity contribution is -0.147. The van der Waals surface area contributed by atoms with Crippen LogP contribution in [0.1, 0.15) is 39.7 Å². The molecular weight excluding hydrogens is 332 g/mol. The van der Waals surface area contributed by atoms with Crippen LogP contribution >= 0.6 is 0 Å². The average molecular weight is 362 g/mol. The van der Waals surface area contributed by atoms with Gasteiger partial charge in [0, 0.05) is 14.0 Å². The number of esters is 1. The van der Waals surface area contributed by atoms with Crippen LogP contribution in [0.4, 0.5) is 0 Å². The Kier molecular flexibility index (Phi) is 6.84. The van der Waals surface area contributed by atoms with Crippen LogP contribution in [0.3, 0.4) is 0 Å². The van der Waals surface area contributed by atoms with Gasteiger partial charge in [-0.05, 0) is 42.0 Å². The van der Waals surface area contributed by atoms with Gasteiger partial charge in [0.05, 0.1) is 19.8 Å². The van der Waals surface area contributed by atoms with Gasteiger partial charge in [0.25, 0.3) is 0 Å². The second-order valence-electron chi connectivity index (χ2n) is 7.48. The number of benzene rings is 1. The molecule has 0 aliphatic heterocycles. The Labute approximate surface area is 156 Å². The molecule has 1 aliphatic carbocycles. The summed E-state index contributed by atoms with van der Waals surface area (Å²) in [6.07, 6.45) is 2.10. The molecule has 1 aromatic rings. The summed E-state index contributed by atoms with van der Waals surface area (Å²) < 4.78 is 22.7. The molecule has 2 rings (SSSR count). The molecule has 0 amide bonds. The van der Waals surface area contributed by atoms with Crippen LogP contribution < -0.4 is 4.74 Å². The maximum Gasteiger partial charge on any atom is 0.303 e. The summed E-state index contributed by atoms with van der Waals surface area (Å²) in [5.74, 6) is 0.546. The van der Waals surface area contributed by atoms with Gasteiger partial charge < -0.3 is 18.9 Å². The molecule has 0 saturated carbocycles. The van der Waals surface area contributed by atoms with E-state index in [0.29, 0.717) is 13.0 Å². The SMILES string of the molecule is COc1ccc(COC2C=C(C)C(OC(C)=O)CC(C)(C)C2OC)cc1. The first kappa shape index (κ1) is 20.5. The van der Waals surface area contributed by atoms with Gasteiger partial charge in [-0.25, -0.2) is 0 Å². The topological polar surface area (TPSA) is 54.0 Å². The van der Waals surface area contributed by atoms with Crippen LogP contribution in [0.5, 0.6) is 5.75 Å². The molecule has 0 aromatic heterocycles.